The van der Waals surface area contributed by atoms with Crippen LogP contribution in [0.15, 0.2) is 48.5 Å². The van der Waals surface area contributed by atoms with E-state index in [1.807, 2.05) is 0 Å². The predicted octanol–water partition coefficient (Wildman–Crippen LogP) is 4.05. The molecule has 0 saturated carbocycles. The Morgan fingerprint density at radius 2 is 1.61 bits per heavy atom. The molecule has 33 heavy (non-hydrogen) atoms. The maximum atomic E-state index is 12.7. The second-order valence-corrected chi connectivity index (χ2v) is 7.67. The number of ether oxygens (including phenoxy) is 1. The molecule has 1 aliphatic rings. The Hall–Kier alpha value is -3.56. The van der Waals surface area contributed by atoms with Gasteiger partial charge in [0.1, 0.15) is 0 Å². The van der Waals surface area contributed by atoms with Gasteiger partial charge in [-0.25, -0.2) is 4.79 Å². The van der Waals surface area contributed by atoms with Crippen molar-refractivity contribution in [2.75, 3.05) is 25.5 Å². The molecule has 2 N–H and O–H groups in total. The summed E-state index contributed by atoms with van der Waals surface area (Å²) in [5, 5.41) is 5.41. The number of hydrogen-bond acceptors (Lipinski definition) is 4. The molecule has 3 amide bonds. The van der Waals surface area contributed by atoms with Crippen molar-refractivity contribution < 1.29 is 32.3 Å². The number of nitrogens with zero attached hydrogens (tertiary/aromatic N) is 1. The molecule has 0 unspecified atom stereocenters. The van der Waals surface area contributed by atoms with Gasteiger partial charge in [-0.2, -0.15) is 13.2 Å². The third kappa shape index (κ3) is 6.47. The fourth-order valence-corrected chi connectivity index (χ4v) is 3.54. The predicted molar refractivity (Wildman–Crippen MR) is 114 cm³/mol. The summed E-state index contributed by atoms with van der Waals surface area (Å²) in [6, 6.07) is 11.1. The summed E-state index contributed by atoms with van der Waals surface area (Å²) in [4.78, 5) is 37.8. The molecule has 1 aliphatic heterocycles. The number of hydrogen-bond donors (Lipinski definition) is 2. The standard InChI is InChI=1S/C23H24F3N3O4/c1-33-22(32)28-19-8-2-15(3-9-19)14-27-20(30)16-10-12-29(13-11-16)21(31)17-4-6-18(7-5-17)23(24,25)26/h2-9,16H,10-14H2,1H3,(H,27,30)(H,28,32). The molecule has 176 valence electrons. The minimum atomic E-state index is -4.45. The van der Waals surface area contributed by atoms with E-state index in [-0.39, 0.29) is 23.3 Å². The van der Waals surface area contributed by atoms with Crippen LogP contribution in [-0.4, -0.2) is 43.0 Å². The van der Waals surface area contributed by atoms with Crippen molar-refractivity contribution in [3.63, 3.8) is 0 Å². The molecule has 10 heteroatoms. The van der Waals surface area contributed by atoms with Crippen LogP contribution >= 0.6 is 0 Å². The highest BCUT2D eigenvalue weighted by atomic mass is 19.4. The number of anilines is 1. The normalized spacial score (nSPS) is 14.5. The van der Waals surface area contributed by atoms with Crippen molar-refractivity contribution in [2.24, 2.45) is 5.92 Å². The number of carbonyl (C=O) groups is 3. The first-order chi connectivity index (χ1) is 15.7. The summed E-state index contributed by atoms with van der Waals surface area (Å²) in [6.45, 7) is 1.03. The van der Waals surface area contributed by atoms with E-state index in [2.05, 4.69) is 15.4 Å². The Bertz CT molecular complexity index is 984. The molecule has 7 nitrogen and oxygen atoms in total. The fraction of sp³-hybridized carbons (Fsp3) is 0.348. The van der Waals surface area contributed by atoms with E-state index in [0.29, 0.717) is 38.2 Å². The van der Waals surface area contributed by atoms with Gasteiger partial charge in [-0.15, -0.1) is 0 Å². The van der Waals surface area contributed by atoms with Crippen LogP contribution in [0.1, 0.15) is 34.3 Å². The Labute approximate surface area is 188 Å². The van der Waals surface area contributed by atoms with Crippen LogP contribution in [0, 0.1) is 5.92 Å². The quantitative estimate of drug-likeness (QED) is 0.700. The number of halogens is 3. The number of amides is 3. The van der Waals surface area contributed by atoms with Crippen molar-refractivity contribution in [2.45, 2.75) is 25.6 Å². The van der Waals surface area contributed by atoms with E-state index in [1.165, 1.54) is 19.2 Å². The van der Waals surface area contributed by atoms with Crippen molar-refractivity contribution >= 4 is 23.6 Å². The van der Waals surface area contributed by atoms with Gasteiger partial charge in [0.15, 0.2) is 0 Å². The summed E-state index contributed by atoms with van der Waals surface area (Å²) in [6.07, 6.45) is -4.07. The number of benzene rings is 2. The molecule has 3 rings (SSSR count). The highest BCUT2D eigenvalue weighted by molar-refractivity contribution is 5.94. The van der Waals surface area contributed by atoms with Crippen LogP contribution in [0.2, 0.25) is 0 Å². The first-order valence-electron chi connectivity index (χ1n) is 10.4. The number of piperidine rings is 1. The smallest absolute Gasteiger partial charge is 0.416 e. The number of alkyl halides is 3. The maximum absolute atomic E-state index is 12.7. The molecular weight excluding hydrogens is 439 g/mol. The van der Waals surface area contributed by atoms with E-state index in [9.17, 15) is 27.6 Å². The van der Waals surface area contributed by atoms with Crippen LogP contribution in [-0.2, 0) is 22.3 Å². The van der Waals surface area contributed by atoms with Gasteiger partial charge >= 0.3 is 12.3 Å². The molecular formula is C23H24F3N3O4. The minimum absolute atomic E-state index is 0.117. The molecule has 0 aromatic heterocycles. The van der Waals surface area contributed by atoms with Gasteiger partial charge in [0.25, 0.3) is 5.91 Å². The lowest BCUT2D eigenvalue weighted by Gasteiger charge is -2.31. The summed E-state index contributed by atoms with van der Waals surface area (Å²) in [5.74, 6) is -0.710. The highest BCUT2D eigenvalue weighted by Crippen LogP contribution is 2.29. The molecule has 1 saturated heterocycles. The van der Waals surface area contributed by atoms with Gasteiger partial charge in [0.05, 0.1) is 12.7 Å². The number of rotatable bonds is 5. The lowest BCUT2D eigenvalue weighted by Crippen LogP contribution is -2.42. The Morgan fingerprint density at radius 1 is 1.00 bits per heavy atom. The average molecular weight is 463 g/mol. The van der Waals surface area contributed by atoms with Crippen LogP contribution < -0.4 is 10.6 Å². The molecule has 1 heterocycles. The van der Waals surface area contributed by atoms with Gasteiger partial charge < -0.3 is 15.0 Å². The van der Waals surface area contributed by atoms with E-state index >= 15 is 0 Å². The van der Waals surface area contributed by atoms with E-state index in [4.69, 9.17) is 0 Å². The Morgan fingerprint density at radius 3 is 2.15 bits per heavy atom. The fourth-order valence-electron chi connectivity index (χ4n) is 3.54. The maximum Gasteiger partial charge on any atom is 0.416 e. The Kier molecular flexibility index (Phi) is 7.57. The van der Waals surface area contributed by atoms with Crippen LogP contribution in [0.5, 0.6) is 0 Å². The molecule has 0 radical (unpaired) electrons. The molecule has 1 fully saturated rings. The van der Waals surface area contributed by atoms with E-state index < -0.39 is 17.8 Å². The summed E-state index contributed by atoms with van der Waals surface area (Å²) < 4.78 is 42.6. The lowest BCUT2D eigenvalue weighted by atomic mass is 9.95. The van der Waals surface area contributed by atoms with Crippen molar-refractivity contribution in [3.05, 3.63) is 65.2 Å². The minimum Gasteiger partial charge on any atom is -0.453 e. The second kappa shape index (κ2) is 10.4. The number of nitrogens with one attached hydrogen (secondary N) is 2. The van der Waals surface area contributed by atoms with Gasteiger partial charge in [0, 0.05) is 36.8 Å². The molecule has 2 aromatic rings. The largest absolute Gasteiger partial charge is 0.453 e. The zero-order valence-electron chi connectivity index (χ0n) is 17.9. The molecule has 0 spiro atoms. The highest BCUT2D eigenvalue weighted by Gasteiger charge is 2.31. The van der Waals surface area contributed by atoms with Gasteiger partial charge in [-0.05, 0) is 54.8 Å². The van der Waals surface area contributed by atoms with Crippen LogP contribution in [0.25, 0.3) is 0 Å². The van der Waals surface area contributed by atoms with Crippen molar-refractivity contribution in [1.29, 1.82) is 0 Å². The average Bonchev–Trinajstić information content (AvgIpc) is 2.82. The monoisotopic (exact) mass is 463 g/mol. The van der Waals surface area contributed by atoms with Crippen molar-refractivity contribution in [3.8, 4) is 0 Å². The molecule has 2 aromatic carbocycles. The lowest BCUT2D eigenvalue weighted by molar-refractivity contribution is -0.137. The third-order valence-electron chi connectivity index (χ3n) is 5.46. The van der Waals surface area contributed by atoms with Gasteiger partial charge in [-0.3, -0.25) is 14.9 Å². The first-order valence-corrected chi connectivity index (χ1v) is 10.4. The SMILES string of the molecule is COC(=O)Nc1ccc(CNC(=O)C2CCN(C(=O)c3ccc(C(F)(F)F)cc3)CC2)cc1. The van der Waals surface area contributed by atoms with Gasteiger partial charge in [0.2, 0.25) is 5.91 Å². The van der Waals surface area contributed by atoms with Gasteiger partial charge in [-0.1, -0.05) is 12.1 Å². The van der Waals surface area contributed by atoms with E-state index in [1.54, 1.807) is 29.2 Å². The molecule has 0 bridgehead atoms. The van der Waals surface area contributed by atoms with Crippen LogP contribution in [0.4, 0.5) is 23.7 Å². The molecule has 0 aliphatic carbocycles. The zero-order chi connectivity index (χ0) is 24.0. The molecule has 0 atom stereocenters. The summed E-state index contributed by atoms with van der Waals surface area (Å²) in [5.41, 5.74) is 0.815. The topological polar surface area (TPSA) is 87.7 Å². The first kappa shape index (κ1) is 24.1. The third-order valence-corrected chi connectivity index (χ3v) is 5.46. The summed E-state index contributed by atoms with van der Waals surface area (Å²) in [7, 11) is 1.27. The van der Waals surface area contributed by atoms with Crippen molar-refractivity contribution in [1.82, 2.24) is 10.2 Å². The zero-order valence-corrected chi connectivity index (χ0v) is 17.9. The number of likely N-dealkylation sites (tertiary alicyclic amines) is 1. The number of carbonyl (C=O) groups excluding carboxylic acids is 3. The summed E-state index contributed by atoms with van der Waals surface area (Å²) >= 11 is 0. The van der Waals surface area contributed by atoms with Crippen LogP contribution in [0.3, 0.4) is 0 Å². The Balaban J connectivity index is 1.46. The van der Waals surface area contributed by atoms with E-state index in [0.717, 1.165) is 17.7 Å². The second-order valence-electron chi connectivity index (χ2n) is 7.67. The number of methoxy groups -OCH3 is 1.